The second-order valence-corrected chi connectivity index (χ2v) is 5.16. The summed E-state index contributed by atoms with van der Waals surface area (Å²) < 4.78 is 0. The molecule has 0 unspecified atom stereocenters. The number of nitrogens with zero attached hydrogens (tertiary/aromatic N) is 2. The van der Waals surface area contributed by atoms with Gasteiger partial charge < -0.3 is 20.9 Å². The Hall–Kier alpha value is -3.09. The van der Waals surface area contributed by atoms with Crippen molar-refractivity contribution in [1.82, 2.24) is 0 Å². The molecule has 0 saturated carbocycles. The zero-order valence-electron chi connectivity index (χ0n) is 13.4. The number of nitroso groups, excluding NO2 is 1. The molecule has 0 radical (unpaired) electrons. The summed E-state index contributed by atoms with van der Waals surface area (Å²) in [6.07, 6.45) is 0.112. The van der Waals surface area contributed by atoms with E-state index in [4.69, 9.17) is 5.11 Å². The summed E-state index contributed by atoms with van der Waals surface area (Å²) in [5.41, 5.74) is 9.12. The van der Waals surface area contributed by atoms with Crippen LogP contribution in [0.2, 0.25) is 0 Å². The lowest BCUT2D eigenvalue weighted by atomic mass is 10.2. The molecule has 0 aromatic heterocycles. The van der Waals surface area contributed by atoms with Gasteiger partial charge in [-0.2, -0.15) is 0 Å². The number of rotatable bonds is 9. The van der Waals surface area contributed by atoms with Crippen LogP contribution >= 0.6 is 0 Å². The van der Waals surface area contributed by atoms with Crippen LogP contribution in [0.3, 0.4) is 0 Å². The molecule has 7 heteroatoms. The summed E-state index contributed by atoms with van der Waals surface area (Å²) >= 11 is 0. The first-order chi connectivity index (χ1) is 11.6. The highest BCUT2D eigenvalue weighted by molar-refractivity contribution is 5.68. The quantitative estimate of drug-likeness (QED) is 0.478. The lowest BCUT2D eigenvalue weighted by Crippen LogP contribution is -2.25. The highest BCUT2D eigenvalue weighted by Crippen LogP contribution is 2.19. The van der Waals surface area contributed by atoms with Crippen LogP contribution in [0.5, 0.6) is 0 Å². The third-order valence-electron chi connectivity index (χ3n) is 3.53. The Morgan fingerprint density at radius 3 is 2.04 bits per heavy atom. The Balaban J connectivity index is 1.92. The third kappa shape index (κ3) is 4.98. The summed E-state index contributed by atoms with van der Waals surface area (Å²) in [6.45, 7) is 3.22. The van der Waals surface area contributed by atoms with Crippen molar-refractivity contribution in [2.75, 3.05) is 28.8 Å². The van der Waals surface area contributed by atoms with Crippen LogP contribution < -0.4 is 15.8 Å². The minimum absolute atomic E-state index is 0.112. The zero-order chi connectivity index (χ0) is 17.4. The van der Waals surface area contributed by atoms with Crippen LogP contribution in [-0.2, 0) is 4.79 Å². The number of carboxylic acids is 1. The van der Waals surface area contributed by atoms with E-state index in [2.05, 4.69) is 16.0 Å². The first kappa shape index (κ1) is 17.3. The number of anilines is 3. The number of hydrogen-bond acceptors (Lipinski definition) is 6. The molecular weight excluding hydrogens is 308 g/mol. The molecule has 2 aromatic carbocycles. The average Bonchev–Trinajstić information content (AvgIpc) is 2.61. The van der Waals surface area contributed by atoms with Gasteiger partial charge in [-0.25, -0.2) is 0 Å². The van der Waals surface area contributed by atoms with Crippen molar-refractivity contribution in [3.63, 3.8) is 0 Å². The maximum atomic E-state index is 10.7. The van der Waals surface area contributed by atoms with E-state index in [9.17, 15) is 9.70 Å². The third-order valence-corrected chi connectivity index (χ3v) is 3.53. The van der Waals surface area contributed by atoms with Crippen LogP contribution in [0, 0.1) is 4.91 Å². The first-order valence-electron chi connectivity index (χ1n) is 7.64. The molecule has 0 amide bonds. The molecule has 7 nitrogen and oxygen atoms in total. The number of carboxylic acid groups (broad SMARTS) is 1. The molecule has 0 saturated heterocycles. The average molecular weight is 328 g/mol. The van der Waals surface area contributed by atoms with Crippen molar-refractivity contribution in [3.05, 3.63) is 53.4 Å². The lowest BCUT2D eigenvalue weighted by Gasteiger charge is -2.22. The fraction of sp³-hybridized carbons (Fsp3) is 0.235. The van der Waals surface area contributed by atoms with Gasteiger partial charge in [0.2, 0.25) is 0 Å². The minimum atomic E-state index is -0.799. The van der Waals surface area contributed by atoms with Crippen LogP contribution in [-0.4, -0.2) is 24.2 Å². The first-order valence-corrected chi connectivity index (χ1v) is 7.64. The maximum absolute atomic E-state index is 10.7. The number of hydrogen-bond donors (Lipinski definition) is 3. The molecule has 2 aromatic rings. The zero-order valence-corrected chi connectivity index (χ0v) is 13.4. The van der Waals surface area contributed by atoms with E-state index < -0.39 is 5.97 Å². The molecule has 0 aliphatic heterocycles. The van der Waals surface area contributed by atoms with Gasteiger partial charge in [-0.1, -0.05) is 0 Å². The largest absolute Gasteiger partial charge is 0.481 e. The van der Waals surface area contributed by atoms with E-state index in [1.165, 1.54) is 0 Å². The molecule has 2 rings (SSSR count). The molecule has 24 heavy (non-hydrogen) atoms. The van der Waals surface area contributed by atoms with E-state index in [0.717, 1.165) is 23.6 Å². The molecule has 0 fully saturated rings. The fourth-order valence-corrected chi connectivity index (χ4v) is 2.21. The van der Waals surface area contributed by atoms with E-state index >= 15 is 0 Å². The Bertz CT molecular complexity index is 671. The lowest BCUT2D eigenvalue weighted by molar-refractivity contribution is -0.136. The van der Waals surface area contributed by atoms with Gasteiger partial charge in [0.1, 0.15) is 5.69 Å². The van der Waals surface area contributed by atoms with Crippen molar-refractivity contribution in [2.45, 2.75) is 13.3 Å². The Morgan fingerprint density at radius 1 is 1.04 bits per heavy atom. The number of hydrazine groups is 1. The highest BCUT2D eigenvalue weighted by atomic mass is 16.4. The smallest absolute Gasteiger partial charge is 0.305 e. The summed E-state index contributed by atoms with van der Waals surface area (Å²) in [7, 11) is 0. The number of nitrogens with one attached hydrogen (secondary N) is 2. The summed E-state index contributed by atoms with van der Waals surface area (Å²) in [6, 6.07) is 14.5. The van der Waals surface area contributed by atoms with Crippen molar-refractivity contribution in [2.24, 2.45) is 5.18 Å². The van der Waals surface area contributed by atoms with Gasteiger partial charge in [0.05, 0.1) is 17.8 Å². The van der Waals surface area contributed by atoms with Gasteiger partial charge >= 0.3 is 5.97 Å². The van der Waals surface area contributed by atoms with Crippen LogP contribution in [0.15, 0.2) is 53.7 Å². The van der Waals surface area contributed by atoms with Crippen molar-refractivity contribution < 1.29 is 9.90 Å². The monoisotopic (exact) mass is 328 g/mol. The predicted molar refractivity (Wildman–Crippen MR) is 95.7 cm³/mol. The Morgan fingerprint density at radius 2 is 1.58 bits per heavy atom. The second kappa shape index (κ2) is 8.52. The van der Waals surface area contributed by atoms with Crippen LogP contribution in [0.25, 0.3) is 0 Å². The Kier molecular flexibility index (Phi) is 6.13. The van der Waals surface area contributed by atoms with Crippen molar-refractivity contribution >= 4 is 28.7 Å². The van der Waals surface area contributed by atoms with Gasteiger partial charge in [0.15, 0.2) is 0 Å². The summed E-state index contributed by atoms with van der Waals surface area (Å²) in [5.74, 6) is -0.799. The number of carbonyl (C=O) groups is 1. The number of aliphatic carboxylic acids is 1. The molecule has 0 bridgehead atoms. The van der Waals surface area contributed by atoms with Gasteiger partial charge in [0, 0.05) is 18.8 Å². The predicted octanol–water partition coefficient (Wildman–Crippen LogP) is 3.82. The minimum Gasteiger partial charge on any atom is -0.481 e. The maximum Gasteiger partial charge on any atom is 0.305 e. The van der Waals surface area contributed by atoms with Crippen LogP contribution in [0.1, 0.15) is 13.3 Å². The molecule has 3 N–H and O–H groups in total. The molecule has 0 atom stereocenters. The van der Waals surface area contributed by atoms with E-state index in [1.54, 1.807) is 24.3 Å². The van der Waals surface area contributed by atoms with E-state index in [-0.39, 0.29) is 6.42 Å². The topological polar surface area (TPSA) is 94.0 Å². The molecule has 126 valence electrons. The molecule has 0 heterocycles. The van der Waals surface area contributed by atoms with Gasteiger partial charge in [-0.15, -0.1) is 4.91 Å². The van der Waals surface area contributed by atoms with Gasteiger partial charge in [-0.3, -0.25) is 4.79 Å². The Labute approximate surface area is 140 Å². The fourth-order valence-electron chi connectivity index (χ4n) is 2.21. The molecule has 0 aliphatic carbocycles. The van der Waals surface area contributed by atoms with Crippen LogP contribution in [0.4, 0.5) is 22.7 Å². The molecular formula is C17H20N4O3. The highest BCUT2D eigenvalue weighted by Gasteiger charge is 2.06. The molecule has 0 spiro atoms. The van der Waals surface area contributed by atoms with Gasteiger partial charge in [0.25, 0.3) is 0 Å². The SMILES string of the molecule is CCN(CCC(=O)O)c1ccc(NNc2ccc(N=O)cc2)cc1. The molecule has 0 aliphatic rings. The van der Waals surface area contributed by atoms with Gasteiger partial charge in [-0.05, 0) is 60.6 Å². The van der Waals surface area contributed by atoms with Crippen molar-refractivity contribution in [3.8, 4) is 0 Å². The summed E-state index contributed by atoms with van der Waals surface area (Å²) in [4.78, 5) is 23.1. The normalized spacial score (nSPS) is 10.0. The van der Waals surface area contributed by atoms with Crippen molar-refractivity contribution in [1.29, 1.82) is 0 Å². The summed E-state index contributed by atoms with van der Waals surface area (Å²) in [5, 5.41) is 11.6. The standard InChI is InChI=1S/C17H20N4O3/c1-2-21(12-11-17(22)23)16-9-7-14(8-10-16)19-18-13-3-5-15(20-24)6-4-13/h3-10,18-19H,2,11-12H2,1H3,(H,22,23). The number of benzene rings is 2. The van der Waals surface area contributed by atoms with E-state index in [0.29, 0.717) is 12.2 Å². The second-order valence-electron chi connectivity index (χ2n) is 5.16. The van der Waals surface area contributed by atoms with E-state index in [1.807, 2.05) is 36.1 Å².